The molecule has 0 bridgehead atoms. The zero-order chi connectivity index (χ0) is 13.4. The van der Waals surface area contributed by atoms with E-state index >= 15 is 0 Å². The van der Waals surface area contributed by atoms with Crippen molar-refractivity contribution in [2.24, 2.45) is 5.92 Å². The van der Waals surface area contributed by atoms with E-state index in [0.29, 0.717) is 28.3 Å². The molecule has 2 aromatic rings. The summed E-state index contributed by atoms with van der Waals surface area (Å²) in [7, 11) is 0. The van der Waals surface area contributed by atoms with Gasteiger partial charge in [0.25, 0.3) is 5.91 Å². The number of aromatic nitrogens is 4. The van der Waals surface area contributed by atoms with Crippen LogP contribution in [0.15, 0.2) is 0 Å². The molecule has 0 unspecified atom stereocenters. The number of amides is 1. The summed E-state index contributed by atoms with van der Waals surface area (Å²) in [5.74, 6) is 1.85. The van der Waals surface area contributed by atoms with E-state index in [0.717, 1.165) is 25.1 Å². The summed E-state index contributed by atoms with van der Waals surface area (Å²) in [5, 5.41) is 15.9. The maximum Gasteiger partial charge on any atom is 0.282 e. The summed E-state index contributed by atoms with van der Waals surface area (Å²) in [6.07, 6.45) is 3.27. The van der Waals surface area contributed by atoms with Gasteiger partial charge < -0.3 is 5.32 Å². The van der Waals surface area contributed by atoms with E-state index in [2.05, 4.69) is 34.5 Å². The summed E-state index contributed by atoms with van der Waals surface area (Å²) < 4.78 is 1.72. The van der Waals surface area contributed by atoms with Gasteiger partial charge in [-0.1, -0.05) is 25.2 Å². The Hall–Kier alpha value is -1.50. The van der Waals surface area contributed by atoms with E-state index in [1.54, 1.807) is 4.52 Å². The Kier molecular flexibility index (Phi) is 3.22. The van der Waals surface area contributed by atoms with Crippen LogP contribution in [0, 0.1) is 5.92 Å². The Bertz CT molecular complexity index is 598. The molecular formula is C12H17N5OS. The molecule has 1 saturated carbocycles. The lowest BCUT2D eigenvalue weighted by Gasteiger charge is -2.04. The van der Waals surface area contributed by atoms with E-state index in [1.165, 1.54) is 11.3 Å². The number of fused-ring (bicyclic) bond motifs is 1. The number of carbonyl (C=O) groups excluding carboxylic acids is 1. The van der Waals surface area contributed by atoms with Crippen LogP contribution in [0.4, 0.5) is 0 Å². The first-order chi connectivity index (χ1) is 9.15. The smallest absolute Gasteiger partial charge is 0.282 e. The fourth-order valence-electron chi connectivity index (χ4n) is 1.87. The van der Waals surface area contributed by atoms with Crippen molar-refractivity contribution in [1.82, 2.24) is 25.1 Å². The van der Waals surface area contributed by atoms with Gasteiger partial charge in [-0.25, -0.2) is 0 Å². The maximum absolute atomic E-state index is 12.0. The number of nitrogens with zero attached hydrogens (tertiary/aromatic N) is 4. The number of carbonyl (C=O) groups is 1. The SMILES string of the molecule is CC(C)CCNC(=O)c1nn2c(C3CC3)nnc2s1. The topological polar surface area (TPSA) is 72.2 Å². The lowest BCUT2D eigenvalue weighted by molar-refractivity contribution is 0.0950. The van der Waals surface area contributed by atoms with Crippen LogP contribution in [0.3, 0.4) is 0 Å². The second-order valence-corrected chi connectivity index (χ2v) is 6.33. The molecule has 1 aliphatic carbocycles. The van der Waals surface area contributed by atoms with Crippen molar-refractivity contribution in [3.63, 3.8) is 0 Å². The second-order valence-electron chi connectivity index (χ2n) is 5.37. The highest BCUT2D eigenvalue weighted by Crippen LogP contribution is 2.39. The van der Waals surface area contributed by atoms with Crippen molar-refractivity contribution >= 4 is 22.2 Å². The molecule has 2 aromatic heterocycles. The first-order valence-corrected chi connectivity index (χ1v) is 7.47. The van der Waals surface area contributed by atoms with E-state index in [4.69, 9.17) is 0 Å². The minimum absolute atomic E-state index is 0.113. The van der Waals surface area contributed by atoms with Crippen molar-refractivity contribution in [1.29, 1.82) is 0 Å². The molecule has 102 valence electrons. The molecular weight excluding hydrogens is 262 g/mol. The molecule has 2 heterocycles. The Morgan fingerprint density at radius 2 is 2.26 bits per heavy atom. The fourth-order valence-corrected chi connectivity index (χ4v) is 2.63. The number of hydrogen-bond donors (Lipinski definition) is 1. The van der Waals surface area contributed by atoms with Gasteiger partial charge in [-0.3, -0.25) is 4.79 Å². The third-order valence-electron chi connectivity index (χ3n) is 3.16. The molecule has 0 spiro atoms. The highest BCUT2D eigenvalue weighted by atomic mass is 32.1. The minimum atomic E-state index is -0.113. The van der Waals surface area contributed by atoms with Crippen molar-refractivity contribution < 1.29 is 4.79 Å². The third-order valence-corrected chi connectivity index (χ3v) is 4.06. The molecule has 0 radical (unpaired) electrons. The van der Waals surface area contributed by atoms with Crippen LogP contribution < -0.4 is 5.32 Å². The molecule has 19 heavy (non-hydrogen) atoms. The van der Waals surface area contributed by atoms with Gasteiger partial charge in [0.15, 0.2) is 5.82 Å². The van der Waals surface area contributed by atoms with Gasteiger partial charge in [0, 0.05) is 12.5 Å². The lowest BCUT2D eigenvalue weighted by Crippen LogP contribution is -2.25. The Morgan fingerprint density at radius 3 is 2.95 bits per heavy atom. The molecule has 0 aliphatic heterocycles. The van der Waals surface area contributed by atoms with Crippen LogP contribution >= 0.6 is 11.3 Å². The van der Waals surface area contributed by atoms with Crippen molar-refractivity contribution in [3.8, 4) is 0 Å². The molecule has 7 heteroatoms. The predicted molar refractivity (Wildman–Crippen MR) is 72.4 cm³/mol. The summed E-state index contributed by atoms with van der Waals surface area (Å²) in [4.78, 5) is 12.7. The monoisotopic (exact) mass is 279 g/mol. The number of rotatable bonds is 5. The average Bonchev–Trinajstić information content (AvgIpc) is 2.98. The van der Waals surface area contributed by atoms with E-state index in [-0.39, 0.29) is 5.91 Å². The van der Waals surface area contributed by atoms with E-state index in [9.17, 15) is 4.79 Å². The molecule has 0 atom stereocenters. The normalized spacial score (nSPS) is 15.3. The van der Waals surface area contributed by atoms with Gasteiger partial charge in [-0.2, -0.15) is 4.52 Å². The Morgan fingerprint density at radius 1 is 1.47 bits per heavy atom. The predicted octanol–water partition coefficient (Wildman–Crippen LogP) is 1.84. The van der Waals surface area contributed by atoms with Gasteiger partial charge in [-0.15, -0.1) is 15.3 Å². The fraction of sp³-hybridized carbons (Fsp3) is 0.667. The summed E-state index contributed by atoms with van der Waals surface area (Å²) in [6.45, 7) is 4.96. The number of hydrogen-bond acceptors (Lipinski definition) is 5. The van der Waals surface area contributed by atoms with Gasteiger partial charge in [0.1, 0.15) is 0 Å². The molecule has 6 nitrogen and oxygen atoms in total. The first-order valence-electron chi connectivity index (χ1n) is 6.65. The van der Waals surface area contributed by atoms with Crippen molar-refractivity contribution in [2.75, 3.05) is 6.54 Å². The maximum atomic E-state index is 12.0. The Balaban J connectivity index is 1.72. The molecule has 0 saturated heterocycles. The molecule has 1 fully saturated rings. The zero-order valence-corrected chi connectivity index (χ0v) is 11.9. The van der Waals surface area contributed by atoms with E-state index in [1.807, 2.05) is 0 Å². The van der Waals surface area contributed by atoms with Gasteiger partial charge in [0.05, 0.1) is 0 Å². The summed E-state index contributed by atoms with van der Waals surface area (Å²) in [5.41, 5.74) is 0. The standard InChI is InChI=1S/C12H17N5OS/c1-7(2)5-6-13-10(18)11-16-17-9(8-3-4-8)14-15-12(17)19-11/h7-8H,3-6H2,1-2H3,(H,13,18). The molecule has 3 rings (SSSR count). The van der Waals surface area contributed by atoms with Gasteiger partial charge >= 0.3 is 0 Å². The lowest BCUT2D eigenvalue weighted by atomic mass is 10.1. The summed E-state index contributed by atoms with van der Waals surface area (Å²) in [6, 6.07) is 0. The average molecular weight is 279 g/mol. The van der Waals surface area contributed by atoms with Crippen LogP contribution in [0.1, 0.15) is 54.7 Å². The third kappa shape index (κ3) is 2.60. The highest BCUT2D eigenvalue weighted by Gasteiger charge is 2.30. The Labute approximate surface area is 115 Å². The zero-order valence-electron chi connectivity index (χ0n) is 11.1. The van der Waals surface area contributed by atoms with Gasteiger partial charge in [-0.05, 0) is 25.2 Å². The molecule has 1 amide bonds. The summed E-state index contributed by atoms with van der Waals surface area (Å²) >= 11 is 1.30. The first kappa shape index (κ1) is 12.5. The van der Waals surface area contributed by atoms with Gasteiger partial charge in [0.2, 0.25) is 9.97 Å². The van der Waals surface area contributed by atoms with Crippen molar-refractivity contribution in [2.45, 2.75) is 39.0 Å². The van der Waals surface area contributed by atoms with Crippen LogP contribution in [0.5, 0.6) is 0 Å². The molecule has 1 aliphatic rings. The van der Waals surface area contributed by atoms with Crippen LogP contribution in [0.2, 0.25) is 0 Å². The highest BCUT2D eigenvalue weighted by molar-refractivity contribution is 7.18. The largest absolute Gasteiger partial charge is 0.350 e. The molecule has 0 aromatic carbocycles. The molecule has 1 N–H and O–H groups in total. The second kappa shape index (κ2) is 4.88. The van der Waals surface area contributed by atoms with Crippen LogP contribution in [-0.2, 0) is 0 Å². The van der Waals surface area contributed by atoms with Crippen LogP contribution in [0.25, 0.3) is 4.96 Å². The quantitative estimate of drug-likeness (QED) is 0.906. The minimum Gasteiger partial charge on any atom is -0.350 e. The number of nitrogens with one attached hydrogen (secondary N) is 1. The van der Waals surface area contributed by atoms with Crippen LogP contribution in [-0.4, -0.2) is 32.3 Å². The van der Waals surface area contributed by atoms with Crippen molar-refractivity contribution in [3.05, 3.63) is 10.8 Å². The van der Waals surface area contributed by atoms with E-state index < -0.39 is 0 Å².